The van der Waals surface area contributed by atoms with Gasteiger partial charge in [-0.25, -0.2) is 0 Å². The van der Waals surface area contributed by atoms with Crippen molar-refractivity contribution in [1.29, 1.82) is 0 Å². The summed E-state index contributed by atoms with van der Waals surface area (Å²) < 4.78 is 0. The van der Waals surface area contributed by atoms with Gasteiger partial charge in [-0.05, 0) is 30.4 Å². The highest BCUT2D eigenvalue weighted by atomic mass is 16.1. The Morgan fingerprint density at radius 2 is 2.06 bits per heavy atom. The molecule has 0 bridgehead atoms. The molecule has 1 N–H and O–H groups in total. The maximum Gasteiger partial charge on any atom is 0.141 e. The molecule has 1 fully saturated rings. The van der Waals surface area contributed by atoms with Gasteiger partial charge >= 0.3 is 0 Å². The largest absolute Gasteiger partial charge is 0.358 e. The van der Waals surface area contributed by atoms with Gasteiger partial charge in [-0.1, -0.05) is 24.6 Å². The first-order valence-electron chi connectivity index (χ1n) is 5.95. The van der Waals surface area contributed by atoms with Crippen LogP contribution in [0.25, 0.3) is 10.9 Å². The van der Waals surface area contributed by atoms with E-state index < -0.39 is 0 Å². The number of aromatic nitrogens is 1. The lowest BCUT2D eigenvalue weighted by Gasteiger charge is -2.18. The van der Waals surface area contributed by atoms with Crippen molar-refractivity contribution in [2.24, 2.45) is 0 Å². The second-order valence-corrected chi connectivity index (χ2v) is 4.58. The normalized spacial score (nSPS) is 21.5. The molecule has 2 aromatic rings. The van der Waals surface area contributed by atoms with Gasteiger partial charge in [0.25, 0.3) is 0 Å². The van der Waals surface area contributed by atoms with Crippen LogP contribution in [-0.2, 0) is 4.79 Å². The van der Waals surface area contributed by atoms with Gasteiger partial charge in [-0.15, -0.1) is 0 Å². The van der Waals surface area contributed by atoms with Crippen molar-refractivity contribution < 1.29 is 4.79 Å². The Labute approximate surface area is 94.7 Å². The van der Waals surface area contributed by atoms with Gasteiger partial charge < -0.3 is 4.98 Å². The Morgan fingerprint density at radius 3 is 2.88 bits per heavy atom. The predicted octanol–water partition coefficient (Wildman–Crippen LogP) is 3.39. The molecule has 1 aromatic heterocycles. The zero-order valence-electron chi connectivity index (χ0n) is 9.20. The van der Waals surface area contributed by atoms with Gasteiger partial charge in [0.15, 0.2) is 0 Å². The standard InChI is InChI=1S/C14H15NO/c16-14-8-4-2-6-11(14)13-9-10-5-1-3-7-12(10)15-13/h1,3,5,7,9,11,15H,2,4,6,8H2. The van der Waals surface area contributed by atoms with Crippen LogP contribution in [0.3, 0.4) is 0 Å². The summed E-state index contributed by atoms with van der Waals surface area (Å²) in [6.45, 7) is 0. The van der Waals surface area contributed by atoms with Crippen LogP contribution in [0, 0.1) is 0 Å². The first-order chi connectivity index (χ1) is 7.84. The van der Waals surface area contributed by atoms with Crippen molar-refractivity contribution in [1.82, 2.24) is 4.98 Å². The van der Waals surface area contributed by atoms with Gasteiger partial charge in [0.05, 0.1) is 5.92 Å². The van der Waals surface area contributed by atoms with Crippen molar-refractivity contribution in [3.05, 3.63) is 36.0 Å². The third-order valence-corrected chi connectivity index (χ3v) is 3.48. The summed E-state index contributed by atoms with van der Waals surface area (Å²) in [5.41, 5.74) is 2.24. The maximum absolute atomic E-state index is 11.9. The van der Waals surface area contributed by atoms with Crippen LogP contribution in [0.2, 0.25) is 0 Å². The van der Waals surface area contributed by atoms with Crippen molar-refractivity contribution >= 4 is 16.7 Å². The molecule has 1 saturated carbocycles. The third-order valence-electron chi connectivity index (χ3n) is 3.48. The second kappa shape index (κ2) is 3.78. The molecule has 3 rings (SSSR count). The van der Waals surface area contributed by atoms with E-state index in [-0.39, 0.29) is 5.92 Å². The van der Waals surface area contributed by atoms with E-state index in [9.17, 15) is 4.79 Å². The van der Waals surface area contributed by atoms with Crippen molar-refractivity contribution in [3.8, 4) is 0 Å². The van der Waals surface area contributed by atoms with E-state index in [1.165, 1.54) is 11.8 Å². The SMILES string of the molecule is O=C1CCCCC1c1cc2ccccc2[nH]1. The van der Waals surface area contributed by atoms with Crippen LogP contribution in [0.1, 0.15) is 37.3 Å². The number of carbonyl (C=O) groups excluding carboxylic acids is 1. The molecule has 0 aliphatic heterocycles. The van der Waals surface area contributed by atoms with Crippen molar-refractivity contribution in [2.75, 3.05) is 0 Å². The minimum atomic E-state index is 0.112. The van der Waals surface area contributed by atoms with E-state index in [0.717, 1.165) is 30.5 Å². The molecule has 16 heavy (non-hydrogen) atoms. The topological polar surface area (TPSA) is 32.9 Å². The average Bonchev–Trinajstić information content (AvgIpc) is 2.73. The summed E-state index contributed by atoms with van der Waals surface area (Å²) in [6, 6.07) is 10.3. The number of rotatable bonds is 1. The molecule has 1 aliphatic carbocycles. The summed E-state index contributed by atoms with van der Waals surface area (Å²) in [4.78, 5) is 15.2. The number of ketones is 1. The van der Waals surface area contributed by atoms with Crippen molar-refractivity contribution in [2.45, 2.75) is 31.6 Å². The smallest absolute Gasteiger partial charge is 0.141 e. The number of para-hydroxylation sites is 1. The van der Waals surface area contributed by atoms with Gasteiger partial charge in [0, 0.05) is 17.6 Å². The van der Waals surface area contributed by atoms with E-state index in [1.807, 2.05) is 12.1 Å². The molecular weight excluding hydrogens is 198 g/mol. The summed E-state index contributed by atoms with van der Waals surface area (Å²) in [7, 11) is 0. The highest BCUT2D eigenvalue weighted by Crippen LogP contribution is 2.31. The maximum atomic E-state index is 11.9. The van der Waals surface area contributed by atoms with Crippen LogP contribution in [0.5, 0.6) is 0 Å². The molecule has 2 heteroatoms. The fourth-order valence-corrected chi connectivity index (χ4v) is 2.60. The predicted molar refractivity (Wildman–Crippen MR) is 64.5 cm³/mol. The first kappa shape index (κ1) is 9.64. The Kier molecular flexibility index (Phi) is 2.28. The van der Waals surface area contributed by atoms with Gasteiger partial charge in [0.1, 0.15) is 5.78 Å². The molecule has 0 radical (unpaired) electrons. The molecular formula is C14H15NO. The van der Waals surface area contributed by atoms with Gasteiger partial charge in [0.2, 0.25) is 0 Å². The van der Waals surface area contributed by atoms with Crippen molar-refractivity contribution in [3.63, 3.8) is 0 Å². The molecule has 1 aromatic carbocycles. The van der Waals surface area contributed by atoms with E-state index in [1.54, 1.807) is 0 Å². The Bertz CT molecular complexity index is 493. The van der Waals surface area contributed by atoms with Crippen LogP contribution >= 0.6 is 0 Å². The van der Waals surface area contributed by atoms with E-state index >= 15 is 0 Å². The fourth-order valence-electron chi connectivity index (χ4n) is 2.60. The highest BCUT2D eigenvalue weighted by molar-refractivity contribution is 5.88. The van der Waals surface area contributed by atoms with E-state index in [2.05, 4.69) is 23.2 Å². The minimum Gasteiger partial charge on any atom is -0.358 e. The molecule has 1 unspecified atom stereocenters. The van der Waals surface area contributed by atoms with Gasteiger partial charge in [-0.2, -0.15) is 0 Å². The summed E-state index contributed by atoms with van der Waals surface area (Å²) in [5.74, 6) is 0.513. The number of nitrogens with one attached hydrogen (secondary N) is 1. The summed E-state index contributed by atoms with van der Waals surface area (Å²) >= 11 is 0. The summed E-state index contributed by atoms with van der Waals surface area (Å²) in [6.07, 6.45) is 3.99. The number of fused-ring (bicyclic) bond motifs is 1. The molecule has 0 saturated heterocycles. The average molecular weight is 213 g/mol. The fraction of sp³-hybridized carbons (Fsp3) is 0.357. The molecule has 1 aliphatic rings. The minimum absolute atomic E-state index is 0.112. The second-order valence-electron chi connectivity index (χ2n) is 4.58. The van der Waals surface area contributed by atoms with Crippen LogP contribution in [0.15, 0.2) is 30.3 Å². The van der Waals surface area contributed by atoms with E-state index in [0.29, 0.717) is 5.78 Å². The number of benzene rings is 1. The third kappa shape index (κ3) is 1.54. The first-order valence-corrected chi connectivity index (χ1v) is 5.95. The number of carbonyl (C=O) groups is 1. The summed E-state index contributed by atoms with van der Waals surface area (Å²) in [5, 5.41) is 1.20. The number of Topliss-reactive ketones (excluding diaryl/α,β-unsaturated/α-hetero) is 1. The van der Waals surface area contributed by atoms with Crippen LogP contribution in [0.4, 0.5) is 0 Å². The monoisotopic (exact) mass is 213 g/mol. The Balaban J connectivity index is 2.01. The zero-order valence-corrected chi connectivity index (χ0v) is 9.20. The molecule has 0 spiro atoms. The number of aromatic amines is 1. The zero-order chi connectivity index (χ0) is 11.0. The Hall–Kier alpha value is -1.57. The highest BCUT2D eigenvalue weighted by Gasteiger charge is 2.24. The van der Waals surface area contributed by atoms with Crippen LogP contribution in [-0.4, -0.2) is 10.8 Å². The van der Waals surface area contributed by atoms with E-state index in [4.69, 9.17) is 0 Å². The van der Waals surface area contributed by atoms with Crippen LogP contribution < -0.4 is 0 Å². The lowest BCUT2D eigenvalue weighted by atomic mass is 9.86. The molecule has 2 nitrogen and oxygen atoms in total. The number of H-pyrrole nitrogens is 1. The number of hydrogen-bond donors (Lipinski definition) is 1. The quantitative estimate of drug-likeness (QED) is 0.773. The van der Waals surface area contributed by atoms with Gasteiger partial charge in [-0.3, -0.25) is 4.79 Å². The molecule has 82 valence electrons. The lowest BCUT2D eigenvalue weighted by Crippen LogP contribution is -2.17. The number of hydrogen-bond acceptors (Lipinski definition) is 1. The molecule has 0 amide bonds. The lowest BCUT2D eigenvalue weighted by molar-refractivity contribution is -0.121. The Morgan fingerprint density at radius 1 is 1.19 bits per heavy atom. The molecule has 1 heterocycles. The molecule has 1 atom stereocenters.